The van der Waals surface area contributed by atoms with Gasteiger partial charge in [0.1, 0.15) is 76.9 Å². The molecule has 103 heavy (non-hydrogen) atoms. The van der Waals surface area contributed by atoms with E-state index in [0.717, 1.165) is 104 Å². The molecule has 41 heteroatoms. The molecule has 35 nitrogen and oxygen atoms in total. The number of benzene rings is 3. The molecule has 0 unspecified atom stereocenters. The van der Waals surface area contributed by atoms with Gasteiger partial charge in [-0.2, -0.15) is 31.4 Å². The minimum absolute atomic E-state index is 0.142. The molecule has 0 aliphatic carbocycles. The first-order valence-corrected chi connectivity index (χ1v) is 33.2. The first kappa shape index (κ1) is 75.5. The quantitative estimate of drug-likeness (QED) is 0.0230. The van der Waals surface area contributed by atoms with Crippen molar-refractivity contribution in [3.8, 4) is 28.7 Å². The van der Waals surface area contributed by atoms with E-state index < -0.39 is 27.2 Å². The van der Waals surface area contributed by atoms with Crippen LogP contribution in [0.5, 0.6) is 28.7 Å². The second-order valence-electron chi connectivity index (χ2n) is 20.2. The van der Waals surface area contributed by atoms with Gasteiger partial charge in [-0.15, -0.1) is 0 Å². The van der Waals surface area contributed by atoms with Crippen molar-refractivity contribution < 1.29 is 43.2 Å². The number of methoxy groups -OCH3 is 2. The fraction of sp³-hybridized carbons (Fsp3) is 0.0645. The standard InChI is InChI=1S/C19H14BrN7O.C13H12N4O.C6H3BrClN3.C6H4BrN3O.C6H7BrN2O2.C6H6BrNO2.C6H5N3O5/c1-12-8-13(25-19-18-15(20)5-7-27(18)24-11-22-19)2-3-16(12)28-14-4-6-26-17(9-14)21-10-23-26;1-9-6-10(14)2-3-12(9)18-11-4-5-17-13(7-11)15-8-16-17;7-4-1-2-11-5(4)6(8)9-3-10-11;7-4-1-2-10-5(4)6(11)8-3-9-10;1-11-6(10)5-4(7)2-3-9(5)8;1-10-6(9)5-4(7)2-3-8-5;7-14-6-2-1-4(8(10)11)3-5(6)9(12)13/h2-11H,1H3,(H,22,24,25);2-8H,14H2,1H3;1-3H;1-3H,(H,8,9,11);2-3H,8H2,1H3;2-3,8H,1H3;1-3H,7H2. The third-order valence-electron chi connectivity index (χ3n) is 13.6. The number of fused-ring (bicyclic) bond motifs is 5. The van der Waals surface area contributed by atoms with Gasteiger partial charge in [0.05, 0.1) is 39.1 Å². The summed E-state index contributed by atoms with van der Waals surface area (Å²) in [4.78, 5) is 77.9. The molecule has 0 radical (unpaired) electrons. The van der Waals surface area contributed by atoms with Gasteiger partial charge in [0.15, 0.2) is 28.0 Å². The van der Waals surface area contributed by atoms with Crippen molar-refractivity contribution in [1.82, 2.24) is 82.7 Å². The summed E-state index contributed by atoms with van der Waals surface area (Å²) < 4.78 is 34.3. The van der Waals surface area contributed by atoms with Gasteiger partial charge in [-0.1, -0.05) is 11.6 Å². The zero-order chi connectivity index (χ0) is 74.0. The number of nitrogens with one attached hydrogen (secondary N) is 3. The number of anilines is 3. The van der Waals surface area contributed by atoms with Crippen molar-refractivity contribution in [2.24, 2.45) is 5.90 Å². The number of hydrogen-bond donors (Lipinski definition) is 6. The number of rotatable bonds is 11. The molecule has 0 spiro atoms. The average Bonchev–Trinajstić information content (AvgIpc) is 1.75. The van der Waals surface area contributed by atoms with Crippen LogP contribution in [0, 0.1) is 34.1 Å². The third-order valence-corrected chi connectivity index (χ3v) is 17.1. The number of ether oxygens (including phenoxy) is 4. The second kappa shape index (κ2) is 35.1. The van der Waals surface area contributed by atoms with Crippen LogP contribution in [-0.4, -0.2) is 119 Å². The maximum Gasteiger partial charge on any atom is 0.357 e. The van der Waals surface area contributed by atoms with E-state index in [4.69, 9.17) is 38.5 Å². The number of nitrogens with zero attached hydrogens (tertiary/aromatic N) is 17. The maximum absolute atomic E-state index is 11.1. The smallest absolute Gasteiger partial charge is 0.357 e. The van der Waals surface area contributed by atoms with Crippen LogP contribution < -0.4 is 42.7 Å². The zero-order valence-electron chi connectivity index (χ0n) is 53.3. The van der Waals surface area contributed by atoms with E-state index in [1.165, 1.54) is 55.0 Å². The molecule has 12 aromatic heterocycles. The van der Waals surface area contributed by atoms with E-state index in [1.54, 1.807) is 54.9 Å². The molecule has 0 saturated heterocycles. The summed E-state index contributed by atoms with van der Waals surface area (Å²) in [5.41, 5.74) is 12.7. The molecule has 12 heterocycles. The van der Waals surface area contributed by atoms with E-state index in [-0.39, 0.29) is 17.3 Å². The number of nitro groups is 2. The van der Waals surface area contributed by atoms with Crippen molar-refractivity contribution in [3.05, 3.63) is 265 Å². The Morgan fingerprint density at radius 3 is 1.61 bits per heavy atom. The zero-order valence-corrected chi connectivity index (χ0v) is 62.0. The molecule has 0 aliphatic rings. The number of esters is 2. The molecule has 0 aliphatic heterocycles. The number of nitrogens with two attached hydrogens (primary N) is 3. The lowest BCUT2D eigenvalue weighted by Crippen LogP contribution is -2.16. The van der Waals surface area contributed by atoms with Crippen molar-refractivity contribution in [2.75, 3.05) is 31.1 Å². The van der Waals surface area contributed by atoms with Crippen LogP contribution in [0.2, 0.25) is 5.15 Å². The highest BCUT2D eigenvalue weighted by Gasteiger charge is 2.21. The number of nitrogen functional groups attached to an aromatic ring is 2. The van der Waals surface area contributed by atoms with E-state index in [1.807, 2.05) is 111 Å². The summed E-state index contributed by atoms with van der Waals surface area (Å²) in [6, 6.07) is 30.7. The number of nitro benzene ring substituents is 2. The van der Waals surface area contributed by atoms with E-state index in [9.17, 15) is 34.6 Å². The van der Waals surface area contributed by atoms with E-state index >= 15 is 0 Å². The summed E-state index contributed by atoms with van der Waals surface area (Å²) in [7, 11) is 2.65. The lowest BCUT2D eigenvalue weighted by molar-refractivity contribution is -0.394. The number of aryl methyl sites for hydroxylation is 2. The number of pyridine rings is 2. The summed E-state index contributed by atoms with van der Waals surface area (Å²) in [6.07, 6.45) is 19.6. The molecule has 0 atom stereocenters. The van der Waals surface area contributed by atoms with Crippen LogP contribution >= 0.6 is 91.3 Å². The number of carbonyl (C=O) groups excluding carboxylic acids is 2. The largest absolute Gasteiger partial charge is 0.464 e. The Morgan fingerprint density at radius 1 is 0.563 bits per heavy atom. The maximum atomic E-state index is 11.1. The van der Waals surface area contributed by atoms with Crippen LogP contribution in [0.3, 0.4) is 0 Å². The van der Waals surface area contributed by atoms with E-state index in [0.29, 0.717) is 32.3 Å². The Morgan fingerprint density at radius 2 is 1.09 bits per heavy atom. The Hall–Kier alpha value is -11.7. The number of halogens is 6. The van der Waals surface area contributed by atoms with Crippen LogP contribution in [0.4, 0.5) is 28.6 Å². The minimum Gasteiger partial charge on any atom is -0.464 e. The lowest BCUT2D eigenvalue weighted by Gasteiger charge is -2.12. The SMILES string of the molecule is COC(=O)c1[nH]ccc1Br.COC(=O)c1c(Br)ccn1N.Cc1cc(N)ccc1Oc1ccn2ncnc2c1.Cc1cc(Nc2ncnn3ccc(Br)c23)ccc1Oc1ccn2ncnc2c1.Clc1ncnn2ccc(Br)c12.NOc1ccc([N+](=O)[O-])cc1[N+](=O)[O-].O=c1[nH]cnn2ccc(Br)c12. The first-order chi connectivity index (χ1) is 49.4. The Kier molecular flexibility index (Phi) is 25.7. The molecule has 15 rings (SSSR count). The first-order valence-electron chi connectivity index (χ1n) is 28.9. The monoisotopic (exact) mass is 1740 g/mol. The van der Waals surface area contributed by atoms with Crippen LogP contribution in [0.1, 0.15) is 32.1 Å². The number of hydrogen-bond acceptors (Lipinski definition) is 25. The van der Waals surface area contributed by atoms with Gasteiger partial charge in [-0.25, -0.2) is 52.1 Å². The van der Waals surface area contributed by atoms with E-state index in [2.05, 4.69) is 155 Å². The fourth-order valence-electron chi connectivity index (χ4n) is 8.75. The molecular formula is C62H51Br5ClN23O12. The molecule has 3 aromatic carbocycles. The number of carbonyl (C=O) groups is 2. The number of non-ortho nitro benzene ring substituents is 1. The highest BCUT2D eigenvalue weighted by atomic mass is 79.9. The molecular weight excluding hydrogens is 1690 g/mol. The van der Waals surface area contributed by atoms with Crippen LogP contribution in [0.25, 0.3) is 27.8 Å². The topological polar surface area (TPSA) is 448 Å². The summed E-state index contributed by atoms with van der Waals surface area (Å²) in [6.45, 7) is 3.96. The molecule has 0 amide bonds. The minimum atomic E-state index is -0.810. The molecule has 0 saturated carbocycles. The third kappa shape index (κ3) is 19.2. The van der Waals surface area contributed by atoms with Gasteiger partial charge in [0.25, 0.3) is 11.2 Å². The predicted molar refractivity (Wildman–Crippen MR) is 394 cm³/mol. The summed E-state index contributed by atoms with van der Waals surface area (Å²) >= 11 is 22.2. The highest BCUT2D eigenvalue weighted by Crippen LogP contribution is 2.33. The van der Waals surface area contributed by atoms with Gasteiger partial charge in [-0.05, 0) is 190 Å². The Labute approximate surface area is 625 Å². The Bertz CT molecular complexity index is 5560. The number of H-pyrrole nitrogens is 2. The van der Waals surface area contributed by atoms with Crippen LogP contribution in [0.15, 0.2) is 211 Å². The Balaban J connectivity index is 0.000000145. The average molecular weight is 1750 g/mol. The van der Waals surface area contributed by atoms with Crippen LogP contribution in [-0.2, 0) is 9.47 Å². The molecule has 0 bridgehead atoms. The predicted octanol–water partition coefficient (Wildman–Crippen LogP) is 12.8. The van der Waals surface area contributed by atoms with Gasteiger partial charge in [-0.3, -0.25) is 29.7 Å². The molecule has 9 N–H and O–H groups in total. The molecule has 528 valence electrons. The van der Waals surface area contributed by atoms with Crippen molar-refractivity contribution >= 4 is 160 Å². The normalized spacial score (nSPS) is 10.4. The molecule has 15 aromatic rings. The number of aromatic nitrogens is 17. The van der Waals surface area contributed by atoms with Crippen molar-refractivity contribution in [3.63, 3.8) is 0 Å². The van der Waals surface area contributed by atoms with Crippen molar-refractivity contribution in [1.29, 1.82) is 0 Å². The van der Waals surface area contributed by atoms with Gasteiger partial charge < -0.3 is 50.6 Å². The number of aromatic amines is 2. The van der Waals surface area contributed by atoms with Gasteiger partial charge in [0.2, 0.25) is 5.75 Å². The van der Waals surface area contributed by atoms with Gasteiger partial charge >= 0.3 is 17.6 Å². The fourth-order valence-corrected chi connectivity index (χ4v) is 11.4. The second-order valence-corrected chi connectivity index (χ2v) is 24.9. The van der Waals surface area contributed by atoms with Gasteiger partial charge in [0, 0.05) is 86.4 Å². The van der Waals surface area contributed by atoms with Crippen molar-refractivity contribution in [2.45, 2.75) is 13.8 Å². The highest BCUT2D eigenvalue weighted by molar-refractivity contribution is 9.11. The summed E-state index contributed by atoms with van der Waals surface area (Å²) in [5.74, 6) is 12.8. The summed E-state index contributed by atoms with van der Waals surface area (Å²) in [5, 5.41) is 44.7. The molecule has 0 fully saturated rings. The lowest BCUT2D eigenvalue weighted by atomic mass is 10.2.